The summed E-state index contributed by atoms with van der Waals surface area (Å²) in [6.07, 6.45) is 1.70. The molecule has 1 aliphatic carbocycles. The lowest BCUT2D eigenvalue weighted by molar-refractivity contribution is -0.137. The van der Waals surface area contributed by atoms with Crippen molar-refractivity contribution in [3.05, 3.63) is 35.7 Å². The highest BCUT2D eigenvalue weighted by atomic mass is 19.4. The first kappa shape index (κ1) is 26.2. The number of fused-ring (bicyclic) bond motifs is 1. The smallest absolute Gasteiger partial charge is 0.352 e. The number of halogens is 3. The Morgan fingerprint density at radius 1 is 1.11 bits per heavy atom. The van der Waals surface area contributed by atoms with E-state index >= 15 is 0 Å². The lowest BCUT2D eigenvalue weighted by Crippen LogP contribution is -2.54. The van der Waals surface area contributed by atoms with Crippen LogP contribution < -0.4 is 10.2 Å². The van der Waals surface area contributed by atoms with Crippen molar-refractivity contribution in [2.24, 2.45) is 5.92 Å². The minimum Gasteiger partial charge on any atom is -0.352 e. The van der Waals surface area contributed by atoms with Gasteiger partial charge < -0.3 is 19.6 Å². The fourth-order valence-corrected chi connectivity index (χ4v) is 5.24. The summed E-state index contributed by atoms with van der Waals surface area (Å²) in [6, 6.07) is 5.22. The van der Waals surface area contributed by atoms with Crippen LogP contribution >= 0.6 is 0 Å². The molecule has 1 N–H and O–H groups in total. The molecule has 8 nitrogen and oxygen atoms in total. The maximum Gasteiger partial charge on any atom is 0.416 e. The number of carbonyl (C=O) groups is 1. The van der Waals surface area contributed by atoms with Crippen LogP contribution in [0, 0.1) is 5.92 Å². The molecule has 3 aromatic rings. The van der Waals surface area contributed by atoms with Crippen LogP contribution in [0.15, 0.2) is 28.8 Å². The summed E-state index contributed by atoms with van der Waals surface area (Å²) in [5.74, 6) is 1.46. The van der Waals surface area contributed by atoms with E-state index in [9.17, 15) is 18.0 Å². The van der Waals surface area contributed by atoms with Crippen LogP contribution in [0.25, 0.3) is 22.4 Å². The van der Waals surface area contributed by atoms with Gasteiger partial charge in [-0.05, 0) is 30.9 Å². The van der Waals surface area contributed by atoms with E-state index in [0.29, 0.717) is 55.5 Å². The number of benzene rings is 1. The summed E-state index contributed by atoms with van der Waals surface area (Å²) >= 11 is 0. The molecule has 0 radical (unpaired) electrons. The number of urea groups is 1. The van der Waals surface area contributed by atoms with Gasteiger partial charge in [0, 0.05) is 44.2 Å². The molecule has 0 atom stereocenters. The molecule has 1 aromatic carbocycles. The largest absolute Gasteiger partial charge is 0.416 e. The average molecular weight is 531 g/mol. The maximum absolute atomic E-state index is 13.4. The number of aromatic nitrogens is 3. The number of nitrogens with zero attached hydrogens (tertiary/aromatic N) is 5. The van der Waals surface area contributed by atoms with Gasteiger partial charge >= 0.3 is 12.2 Å². The highest BCUT2D eigenvalue weighted by Crippen LogP contribution is 2.37. The van der Waals surface area contributed by atoms with Crippen molar-refractivity contribution in [3.63, 3.8) is 0 Å². The zero-order chi connectivity index (χ0) is 26.9. The minimum atomic E-state index is -4.48. The number of hydrogen-bond donors (Lipinski definition) is 1. The van der Waals surface area contributed by atoms with Crippen LogP contribution in [-0.2, 0) is 12.6 Å². The van der Waals surface area contributed by atoms with E-state index in [2.05, 4.69) is 29.3 Å². The molecule has 11 heteroatoms. The SMILES string of the molecule is CC(C)Cc1nc(N2CCN(C(=O)NC3CCCCC3)CC2)c2c(-c3cccc(C(F)(F)F)c3)noc2n1. The van der Waals surface area contributed by atoms with E-state index in [1.54, 1.807) is 6.07 Å². The molecule has 38 heavy (non-hydrogen) atoms. The van der Waals surface area contributed by atoms with Gasteiger partial charge in [-0.3, -0.25) is 0 Å². The van der Waals surface area contributed by atoms with E-state index in [-0.39, 0.29) is 29.0 Å². The van der Waals surface area contributed by atoms with Gasteiger partial charge in [0.05, 0.1) is 5.56 Å². The lowest BCUT2D eigenvalue weighted by atomic mass is 9.96. The fraction of sp³-hybridized carbons (Fsp3) is 0.556. The van der Waals surface area contributed by atoms with Crippen LogP contribution in [0.4, 0.5) is 23.8 Å². The van der Waals surface area contributed by atoms with Gasteiger partial charge in [-0.15, -0.1) is 0 Å². The predicted molar refractivity (Wildman–Crippen MR) is 138 cm³/mol. The Bertz CT molecular complexity index is 1280. The average Bonchev–Trinajstić information content (AvgIpc) is 3.32. The normalized spacial score (nSPS) is 17.4. The predicted octanol–water partition coefficient (Wildman–Crippen LogP) is 5.67. The summed E-state index contributed by atoms with van der Waals surface area (Å²) in [4.78, 5) is 26.1. The molecule has 204 valence electrons. The van der Waals surface area contributed by atoms with Crippen molar-refractivity contribution < 1.29 is 22.5 Å². The molecule has 0 spiro atoms. The maximum atomic E-state index is 13.4. The number of amides is 2. The first-order valence-corrected chi connectivity index (χ1v) is 13.3. The van der Waals surface area contributed by atoms with Crippen molar-refractivity contribution in [1.82, 2.24) is 25.3 Å². The molecule has 3 heterocycles. The van der Waals surface area contributed by atoms with Crippen molar-refractivity contribution in [1.29, 1.82) is 0 Å². The van der Waals surface area contributed by atoms with E-state index in [0.717, 1.165) is 37.8 Å². The number of carbonyl (C=O) groups excluding carboxylic acids is 1. The van der Waals surface area contributed by atoms with Crippen molar-refractivity contribution in [2.45, 2.75) is 64.6 Å². The molecule has 2 aromatic heterocycles. The molecule has 2 fully saturated rings. The Labute approximate surface area is 219 Å². The Morgan fingerprint density at radius 2 is 1.84 bits per heavy atom. The summed E-state index contributed by atoms with van der Waals surface area (Å²) < 4.78 is 45.8. The van der Waals surface area contributed by atoms with Gasteiger partial charge in [-0.1, -0.05) is 50.4 Å². The first-order chi connectivity index (χ1) is 18.2. The van der Waals surface area contributed by atoms with Gasteiger partial charge in [0.1, 0.15) is 22.7 Å². The number of nitrogens with one attached hydrogen (secondary N) is 1. The monoisotopic (exact) mass is 530 g/mol. The molecule has 0 bridgehead atoms. The highest BCUT2D eigenvalue weighted by Gasteiger charge is 2.32. The number of anilines is 1. The van der Waals surface area contributed by atoms with Gasteiger partial charge in [0.2, 0.25) is 0 Å². The molecule has 2 amide bonds. The molecule has 2 aliphatic rings. The van der Waals surface area contributed by atoms with Gasteiger partial charge in [-0.25, -0.2) is 9.78 Å². The van der Waals surface area contributed by atoms with Crippen molar-refractivity contribution in [3.8, 4) is 11.3 Å². The van der Waals surface area contributed by atoms with Crippen LogP contribution in [-0.4, -0.2) is 58.3 Å². The first-order valence-electron chi connectivity index (χ1n) is 13.3. The van der Waals surface area contributed by atoms with Gasteiger partial charge in [0.15, 0.2) is 0 Å². The van der Waals surface area contributed by atoms with E-state index in [1.807, 2.05) is 9.80 Å². The second-order valence-corrected chi connectivity index (χ2v) is 10.6. The minimum absolute atomic E-state index is 0.0421. The molecule has 1 aliphatic heterocycles. The topological polar surface area (TPSA) is 87.4 Å². The second-order valence-electron chi connectivity index (χ2n) is 10.6. The molecule has 5 rings (SSSR count). The summed E-state index contributed by atoms with van der Waals surface area (Å²) in [5.41, 5.74) is 0.0402. The summed E-state index contributed by atoms with van der Waals surface area (Å²) in [7, 11) is 0. The lowest BCUT2D eigenvalue weighted by Gasteiger charge is -2.36. The van der Waals surface area contributed by atoms with Crippen LogP contribution in [0.5, 0.6) is 0 Å². The van der Waals surface area contributed by atoms with Gasteiger partial charge in [0.25, 0.3) is 5.71 Å². The molecular formula is C27H33F3N6O2. The van der Waals surface area contributed by atoms with Crippen LogP contribution in [0.1, 0.15) is 57.3 Å². The number of alkyl halides is 3. The number of piperazine rings is 1. The molecular weight excluding hydrogens is 497 g/mol. The Balaban J connectivity index is 1.43. The Hall–Kier alpha value is -3.37. The highest BCUT2D eigenvalue weighted by molar-refractivity contribution is 5.98. The summed E-state index contributed by atoms with van der Waals surface area (Å²) in [6.45, 7) is 6.19. The Kier molecular flexibility index (Phi) is 7.45. The van der Waals surface area contributed by atoms with E-state index in [1.165, 1.54) is 12.5 Å². The number of hydrogen-bond acceptors (Lipinski definition) is 6. The van der Waals surface area contributed by atoms with Gasteiger partial charge in [-0.2, -0.15) is 18.2 Å². The third-order valence-corrected chi connectivity index (χ3v) is 7.22. The molecule has 1 saturated heterocycles. The fourth-order valence-electron chi connectivity index (χ4n) is 5.24. The third-order valence-electron chi connectivity index (χ3n) is 7.22. The van der Waals surface area contributed by atoms with Crippen LogP contribution in [0.3, 0.4) is 0 Å². The Morgan fingerprint density at radius 3 is 2.53 bits per heavy atom. The summed E-state index contributed by atoms with van der Waals surface area (Å²) in [5, 5.41) is 7.78. The van der Waals surface area contributed by atoms with Crippen LogP contribution in [0.2, 0.25) is 0 Å². The zero-order valence-electron chi connectivity index (χ0n) is 21.7. The quantitative estimate of drug-likeness (QED) is 0.458. The number of rotatable bonds is 5. The van der Waals surface area contributed by atoms with Crippen molar-refractivity contribution in [2.75, 3.05) is 31.1 Å². The zero-order valence-corrected chi connectivity index (χ0v) is 21.7. The standard InChI is InChI=1S/C27H33F3N6O2/c1-17(2)15-21-32-24(35-11-13-36(14-12-35)26(37)31-20-9-4-3-5-10-20)22-23(34-38-25(22)33-21)18-7-6-8-19(16-18)27(28,29)30/h6-8,16-17,20H,3-5,9-15H2,1-2H3,(H,31,37). The molecule has 0 unspecified atom stereocenters. The van der Waals surface area contributed by atoms with Crippen molar-refractivity contribution >= 4 is 22.9 Å². The second kappa shape index (κ2) is 10.8. The third kappa shape index (κ3) is 5.71. The van der Waals surface area contributed by atoms with E-state index < -0.39 is 11.7 Å². The van der Waals surface area contributed by atoms with E-state index in [4.69, 9.17) is 9.51 Å². The molecule has 1 saturated carbocycles.